The standard InChI is InChI=1S/C21H27N3O3S/c1-16-4-7-18(8-5-16)15-22-21(25)19-9-6-17(2)20(14-19)28(26,27)24-12-10-23(3)11-13-24/h4-9,14H,10-13,15H2,1-3H3,(H,22,25). The minimum atomic E-state index is -3.62. The van der Waals surface area contributed by atoms with E-state index in [-0.39, 0.29) is 10.8 Å². The number of likely N-dealkylation sites (N-methyl/N-ethyl adjacent to an activating group) is 1. The number of carbonyl (C=O) groups excluding carboxylic acids is 1. The largest absolute Gasteiger partial charge is 0.348 e. The van der Waals surface area contributed by atoms with Gasteiger partial charge in [-0.3, -0.25) is 4.79 Å². The highest BCUT2D eigenvalue weighted by molar-refractivity contribution is 7.89. The van der Waals surface area contributed by atoms with Gasteiger partial charge in [-0.15, -0.1) is 0 Å². The van der Waals surface area contributed by atoms with Crippen molar-refractivity contribution in [2.24, 2.45) is 0 Å². The number of hydrogen-bond acceptors (Lipinski definition) is 4. The molecule has 3 rings (SSSR count). The predicted molar refractivity (Wildman–Crippen MR) is 110 cm³/mol. The van der Waals surface area contributed by atoms with Gasteiger partial charge in [-0.2, -0.15) is 4.31 Å². The van der Waals surface area contributed by atoms with Crippen LogP contribution in [-0.4, -0.2) is 56.8 Å². The van der Waals surface area contributed by atoms with E-state index < -0.39 is 10.0 Å². The maximum absolute atomic E-state index is 13.1. The van der Waals surface area contributed by atoms with Crippen LogP contribution in [0.5, 0.6) is 0 Å². The van der Waals surface area contributed by atoms with Gasteiger partial charge in [0.15, 0.2) is 0 Å². The highest BCUT2D eigenvalue weighted by Crippen LogP contribution is 2.22. The number of nitrogens with zero attached hydrogens (tertiary/aromatic N) is 2. The van der Waals surface area contributed by atoms with Crippen molar-refractivity contribution in [1.29, 1.82) is 0 Å². The quantitative estimate of drug-likeness (QED) is 0.834. The number of nitrogens with one attached hydrogen (secondary N) is 1. The van der Waals surface area contributed by atoms with Gasteiger partial charge >= 0.3 is 0 Å². The molecular formula is C21H27N3O3S. The first kappa shape index (κ1) is 20.5. The summed E-state index contributed by atoms with van der Waals surface area (Å²) in [6.07, 6.45) is 0. The Hall–Kier alpha value is -2.22. The third-order valence-electron chi connectivity index (χ3n) is 5.10. The summed E-state index contributed by atoms with van der Waals surface area (Å²) in [4.78, 5) is 14.9. The van der Waals surface area contributed by atoms with Crippen LogP contribution in [0.3, 0.4) is 0 Å². The molecular weight excluding hydrogens is 374 g/mol. The Labute approximate surface area is 167 Å². The number of aryl methyl sites for hydroxylation is 2. The Morgan fingerprint density at radius 2 is 1.64 bits per heavy atom. The molecule has 0 atom stereocenters. The van der Waals surface area contributed by atoms with E-state index in [1.807, 2.05) is 38.2 Å². The minimum Gasteiger partial charge on any atom is -0.348 e. The number of benzene rings is 2. The first-order valence-corrected chi connectivity index (χ1v) is 10.8. The Balaban J connectivity index is 1.76. The second kappa shape index (κ2) is 8.43. The van der Waals surface area contributed by atoms with Gasteiger partial charge < -0.3 is 10.2 Å². The third-order valence-corrected chi connectivity index (χ3v) is 7.14. The van der Waals surface area contributed by atoms with Gasteiger partial charge in [-0.05, 0) is 44.2 Å². The maximum Gasteiger partial charge on any atom is 0.251 e. The number of piperazine rings is 1. The van der Waals surface area contributed by atoms with Gasteiger partial charge in [-0.1, -0.05) is 35.9 Å². The molecule has 1 N–H and O–H groups in total. The van der Waals surface area contributed by atoms with Crippen molar-refractivity contribution in [2.45, 2.75) is 25.3 Å². The molecule has 1 saturated heterocycles. The van der Waals surface area contributed by atoms with Crippen molar-refractivity contribution in [3.63, 3.8) is 0 Å². The molecule has 1 aliphatic heterocycles. The number of hydrogen-bond donors (Lipinski definition) is 1. The topological polar surface area (TPSA) is 69.7 Å². The van der Waals surface area contributed by atoms with E-state index in [1.54, 1.807) is 19.1 Å². The minimum absolute atomic E-state index is 0.208. The molecule has 0 saturated carbocycles. The van der Waals surface area contributed by atoms with Gasteiger partial charge in [0.25, 0.3) is 5.91 Å². The fourth-order valence-corrected chi connectivity index (χ4v) is 4.85. The zero-order chi connectivity index (χ0) is 20.3. The summed E-state index contributed by atoms with van der Waals surface area (Å²) in [5.41, 5.74) is 3.16. The molecule has 0 aliphatic carbocycles. The summed E-state index contributed by atoms with van der Waals surface area (Å²) in [7, 11) is -1.64. The molecule has 7 heteroatoms. The smallest absolute Gasteiger partial charge is 0.251 e. The SMILES string of the molecule is Cc1ccc(CNC(=O)c2ccc(C)c(S(=O)(=O)N3CCN(C)CC3)c2)cc1. The van der Waals surface area contributed by atoms with Crippen LogP contribution in [0.1, 0.15) is 27.0 Å². The highest BCUT2D eigenvalue weighted by Gasteiger charge is 2.29. The fraction of sp³-hybridized carbons (Fsp3) is 0.381. The first-order valence-electron chi connectivity index (χ1n) is 9.40. The molecule has 150 valence electrons. The summed E-state index contributed by atoms with van der Waals surface area (Å²) >= 11 is 0. The van der Waals surface area contributed by atoms with Crippen molar-refractivity contribution in [3.05, 3.63) is 64.7 Å². The van der Waals surface area contributed by atoms with Gasteiger partial charge in [-0.25, -0.2) is 8.42 Å². The molecule has 1 heterocycles. The van der Waals surface area contributed by atoms with Crippen LogP contribution in [0.15, 0.2) is 47.4 Å². The summed E-state index contributed by atoms with van der Waals surface area (Å²) in [6.45, 7) is 6.50. The van der Waals surface area contributed by atoms with Crippen molar-refractivity contribution < 1.29 is 13.2 Å². The van der Waals surface area contributed by atoms with Crippen LogP contribution in [0, 0.1) is 13.8 Å². The average Bonchev–Trinajstić information content (AvgIpc) is 2.68. The maximum atomic E-state index is 13.1. The van der Waals surface area contributed by atoms with E-state index >= 15 is 0 Å². The lowest BCUT2D eigenvalue weighted by Gasteiger charge is -2.32. The van der Waals surface area contributed by atoms with Crippen LogP contribution in [0.4, 0.5) is 0 Å². The molecule has 0 spiro atoms. The molecule has 0 bridgehead atoms. The fourth-order valence-electron chi connectivity index (χ4n) is 3.18. The molecule has 0 unspecified atom stereocenters. The lowest BCUT2D eigenvalue weighted by molar-refractivity contribution is 0.0950. The second-order valence-corrected chi connectivity index (χ2v) is 9.26. The summed E-state index contributed by atoms with van der Waals surface area (Å²) < 4.78 is 27.7. The molecule has 1 amide bonds. The number of sulfonamides is 1. The predicted octanol–water partition coefficient (Wildman–Crippen LogP) is 2.17. The van der Waals surface area contributed by atoms with E-state index in [4.69, 9.17) is 0 Å². The van der Waals surface area contributed by atoms with E-state index in [0.29, 0.717) is 43.9 Å². The molecule has 1 aliphatic rings. The van der Waals surface area contributed by atoms with Crippen molar-refractivity contribution in [1.82, 2.24) is 14.5 Å². The van der Waals surface area contributed by atoms with Gasteiger partial charge in [0.05, 0.1) is 4.90 Å². The number of rotatable bonds is 5. The van der Waals surface area contributed by atoms with Gasteiger partial charge in [0, 0.05) is 38.3 Å². The molecule has 6 nitrogen and oxygen atoms in total. The normalized spacial score (nSPS) is 16.1. The van der Waals surface area contributed by atoms with Crippen molar-refractivity contribution >= 4 is 15.9 Å². The summed E-state index contributed by atoms with van der Waals surface area (Å²) in [6, 6.07) is 12.8. The first-order chi connectivity index (χ1) is 13.3. The van der Waals surface area contributed by atoms with Crippen LogP contribution in [0.25, 0.3) is 0 Å². The zero-order valence-electron chi connectivity index (χ0n) is 16.6. The highest BCUT2D eigenvalue weighted by atomic mass is 32.2. The van der Waals surface area contributed by atoms with Crippen LogP contribution in [-0.2, 0) is 16.6 Å². The van der Waals surface area contributed by atoms with Gasteiger partial charge in [0.2, 0.25) is 10.0 Å². The van der Waals surface area contributed by atoms with E-state index in [2.05, 4.69) is 10.2 Å². The monoisotopic (exact) mass is 401 g/mol. The molecule has 28 heavy (non-hydrogen) atoms. The second-order valence-electron chi connectivity index (χ2n) is 7.36. The van der Waals surface area contributed by atoms with Crippen LogP contribution in [0.2, 0.25) is 0 Å². The van der Waals surface area contributed by atoms with Crippen LogP contribution >= 0.6 is 0 Å². The molecule has 0 radical (unpaired) electrons. The Bertz CT molecular complexity index is 947. The van der Waals surface area contributed by atoms with Crippen LogP contribution < -0.4 is 5.32 Å². The lowest BCUT2D eigenvalue weighted by atomic mass is 10.1. The molecule has 2 aromatic rings. The average molecular weight is 402 g/mol. The third kappa shape index (κ3) is 4.60. The summed E-state index contributed by atoms with van der Waals surface area (Å²) in [5, 5.41) is 2.86. The molecule has 1 fully saturated rings. The van der Waals surface area contributed by atoms with Crippen molar-refractivity contribution in [2.75, 3.05) is 33.2 Å². The van der Waals surface area contributed by atoms with E-state index in [9.17, 15) is 13.2 Å². The Kier molecular flexibility index (Phi) is 6.17. The Morgan fingerprint density at radius 3 is 2.29 bits per heavy atom. The number of carbonyl (C=O) groups is 1. The zero-order valence-corrected chi connectivity index (χ0v) is 17.4. The Morgan fingerprint density at radius 1 is 1.00 bits per heavy atom. The van der Waals surface area contributed by atoms with E-state index in [1.165, 1.54) is 10.4 Å². The van der Waals surface area contributed by atoms with Gasteiger partial charge in [0.1, 0.15) is 0 Å². The van der Waals surface area contributed by atoms with E-state index in [0.717, 1.165) is 11.1 Å². The summed E-state index contributed by atoms with van der Waals surface area (Å²) in [5.74, 6) is -0.282. The number of amides is 1. The molecule has 0 aromatic heterocycles. The van der Waals surface area contributed by atoms with Crippen molar-refractivity contribution in [3.8, 4) is 0 Å². The lowest BCUT2D eigenvalue weighted by Crippen LogP contribution is -2.47. The molecule has 2 aromatic carbocycles.